The molecule has 0 spiro atoms. The monoisotopic (exact) mass is 358 g/mol. The SMILES string of the molecule is NC(=S)c1cc(Br)ccc1Nc1ccc(F)c(Cl)c1. The molecule has 98 valence electrons. The minimum absolute atomic E-state index is 0.0546. The van der Waals surface area contributed by atoms with Gasteiger partial charge >= 0.3 is 0 Å². The first-order valence-corrected chi connectivity index (χ1v) is 6.87. The molecule has 19 heavy (non-hydrogen) atoms. The van der Waals surface area contributed by atoms with Crippen LogP contribution in [0, 0.1) is 5.82 Å². The van der Waals surface area contributed by atoms with E-state index < -0.39 is 5.82 Å². The van der Waals surface area contributed by atoms with E-state index in [0.29, 0.717) is 11.3 Å². The Morgan fingerprint density at radius 3 is 2.63 bits per heavy atom. The fourth-order valence-corrected chi connectivity index (χ4v) is 2.27. The molecule has 0 aromatic heterocycles. The van der Waals surface area contributed by atoms with E-state index in [1.807, 2.05) is 18.2 Å². The van der Waals surface area contributed by atoms with Gasteiger partial charge in [0, 0.05) is 21.4 Å². The molecule has 3 N–H and O–H groups in total. The Morgan fingerprint density at radius 1 is 1.26 bits per heavy atom. The Hall–Kier alpha value is -1.17. The van der Waals surface area contributed by atoms with Gasteiger partial charge in [0.25, 0.3) is 0 Å². The van der Waals surface area contributed by atoms with E-state index in [2.05, 4.69) is 21.2 Å². The van der Waals surface area contributed by atoms with Crippen LogP contribution in [0.3, 0.4) is 0 Å². The van der Waals surface area contributed by atoms with Crippen molar-refractivity contribution in [3.05, 3.63) is 57.3 Å². The van der Waals surface area contributed by atoms with Crippen LogP contribution in [0.5, 0.6) is 0 Å². The first-order valence-electron chi connectivity index (χ1n) is 5.29. The predicted molar refractivity (Wildman–Crippen MR) is 84.7 cm³/mol. The van der Waals surface area contributed by atoms with Gasteiger partial charge in [-0.05, 0) is 36.4 Å². The highest BCUT2D eigenvalue weighted by Crippen LogP contribution is 2.26. The van der Waals surface area contributed by atoms with Crippen molar-refractivity contribution in [1.82, 2.24) is 0 Å². The summed E-state index contributed by atoms with van der Waals surface area (Å²) in [7, 11) is 0. The smallest absolute Gasteiger partial charge is 0.141 e. The molecule has 0 bridgehead atoms. The minimum atomic E-state index is -0.461. The van der Waals surface area contributed by atoms with Crippen LogP contribution >= 0.6 is 39.7 Å². The molecule has 2 rings (SSSR count). The van der Waals surface area contributed by atoms with Crippen molar-refractivity contribution in [3.8, 4) is 0 Å². The van der Waals surface area contributed by atoms with Crippen molar-refractivity contribution in [3.63, 3.8) is 0 Å². The van der Waals surface area contributed by atoms with E-state index in [9.17, 15) is 4.39 Å². The molecule has 6 heteroatoms. The maximum atomic E-state index is 13.1. The second kappa shape index (κ2) is 5.86. The van der Waals surface area contributed by atoms with E-state index >= 15 is 0 Å². The molecule has 0 unspecified atom stereocenters. The van der Waals surface area contributed by atoms with Crippen molar-refractivity contribution >= 4 is 56.1 Å². The van der Waals surface area contributed by atoms with Crippen LogP contribution in [-0.2, 0) is 0 Å². The summed E-state index contributed by atoms with van der Waals surface area (Å²) in [6, 6.07) is 9.89. The molecule has 2 aromatic rings. The number of hydrogen-bond donors (Lipinski definition) is 2. The Balaban J connectivity index is 2.37. The summed E-state index contributed by atoms with van der Waals surface area (Å²) < 4.78 is 14.0. The molecule has 0 amide bonds. The maximum Gasteiger partial charge on any atom is 0.141 e. The van der Waals surface area contributed by atoms with Gasteiger partial charge in [0.1, 0.15) is 10.8 Å². The standard InChI is InChI=1S/C13H9BrClFN2S/c14-7-1-4-12(9(5-7)13(17)19)18-8-2-3-11(16)10(15)6-8/h1-6,18H,(H2,17,19). The van der Waals surface area contributed by atoms with Gasteiger partial charge in [-0.3, -0.25) is 0 Å². The number of anilines is 2. The van der Waals surface area contributed by atoms with E-state index in [4.69, 9.17) is 29.6 Å². The van der Waals surface area contributed by atoms with E-state index in [1.165, 1.54) is 12.1 Å². The van der Waals surface area contributed by atoms with Gasteiger partial charge < -0.3 is 11.1 Å². The Kier molecular flexibility index (Phi) is 4.39. The lowest BCUT2D eigenvalue weighted by molar-refractivity contribution is 0.628. The van der Waals surface area contributed by atoms with Crippen molar-refractivity contribution < 1.29 is 4.39 Å². The summed E-state index contributed by atoms with van der Waals surface area (Å²) in [5, 5.41) is 3.16. The molecule has 0 saturated heterocycles. The van der Waals surface area contributed by atoms with Gasteiger partial charge in [-0.15, -0.1) is 0 Å². The summed E-state index contributed by atoms with van der Waals surface area (Å²) in [5.41, 5.74) is 7.77. The first kappa shape index (κ1) is 14.2. The Bertz CT molecular complexity index is 649. The number of thiocarbonyl (C=S) groups is 1. The average molecular weight is 360 g/mol. The van der Waals surface area contributed by atoms with Crippen LogP contribution in [0.1, 0.15) is 5.56 Å². The Morgan fingerprint density at radius 2 is 2.00 bits per heavy atom. The second-order valence-electron chi connectivity index (χ2n) is 3.81. The highest BCUT2D eigenvalue weighted by atomic mass is 79.9. The Labute approximate surface area is 128 Å². The number of hydrogen-bond acceptors (Lipinski definition) is 2. The minimum Gasteiger partial charge on any atom is -0.389 e. The lowest BCUT2D eigenvalue weighted by Crippen LogP contribution is -2.12. The van der Waals surface area contributed by atoms with Crippen molar-refractivity contribution in [2.75, 3.05) is 5.32 Å². The number of halogens is 3. The molecule has 0 fully saturated rings. The van der Waals surface area contributed by atoms with Gasteiger partial charge in [0.05, 0.1) is 5.02 Å². The highest BCUT2D eigenvalue weighted by molar-refractivity contribution is 9.10. The van der Waals surface area contributed by atoms with Crippen molar-refractivity contribution in [1.29, 1.82) is 0 Å². The first-order chi connectivity index (χ1) is 8.97. The fraction of sp³-hybridized carbons (Fsp3) is 0. The number of rotatable bonds is 3. The highest BCUT2D eigenvalue weighted by Gasteiger charge is 2.07. The lowest BCUT2D eigenvalue weighted by Gasteiger charge is -2.12. The van der Waals surface area contributed by atoms with Gasteiger partial charge in [-0.25, -0.2) is 4.39 Å². The molecule has 0 aliphatic carbocycles. The zero-order chi connectivity index (χ0) is 14.0. The molecule has 0 atom stereocenters. The lowest BCUT2D eigenvalue weighted by atomic mass is 10.1. The van der Waals surface area contributed by atoms with Crippen LogP contribution in [0.15, 0.2) is 40.9 Å². The van der Waals surface area contributed by atoms with E-state index in [0.717, 1.165) is 10.2 Å². The molecule has 0 radical (unpaired) electrons. The molecule has 0 heterocycles. The summed E-state index contributed by atoms with van der Waals surface area (Å²) in [6.45, 7) is 0. The summed E-state index contributed by atoms with van der Waals surface area (Å²) in [4.78, 5) is 0.275. The predicted octanol–water partition coefficient (Wildman–Crippen LogP) is 4.62. The van der Waals surface area contributed by atoms with Crippen LogP contribution < -0.4 is 11.1 Å². The molecule has 0 saturated carbocycles. The summed E-state index contributed by atoms with van der Waals surface area (Å²) in [6.07, 6.45) is 0. The zero-order valence-electron chi connectivity index (χ0n) is 9.58. The van der Waals surface area contributed by atoms with Gasteiger partial charge in [0.2, 0.25) is 0 Å². The molecule has 0 aliphatic rings. The number of nitrogens with one attached hydrogen (secondary N) is 1. The van der Waals surface area contributed by atoms with Crippen LogP contribution in [0.2, 0.25) is 5.02 Å². The third kappa shape index (κ3) is 3.43. The van der Waals surface area contributed by atoms with Crippen LogP contribution in [-0.4, -0.2) is 4.99 Å². The number of nitrogens with two attached hydrogens (primary N) is 1. The molecule has 2 aromatic carbocycles. The van der Waals surface area contributed by atoms with Gasteiger partial charge in [0.15, 0.2) is 0 Å². The summed E-state index contributed by atoms with van der Waals surface area (Å²) in [5.74, 6) is -0.461. The molecule has 0 aliphatic heterocycles. The van der Waals surface area contributed by atoms with Crippen molar-refractivity contribution in [2.45, 2.75) is 0 Å². The van der Waals surface area contributed by atoms with E-state index in [-0.39, 0.29) is 10.0 Å². The zero-order valence-corrected chi connectivity index (χ0v) is 12.7. The fourth-order valence-electron chi connectivity index (χ4n) is 1.56. The van der Waals surface area contributed by atoms with Gasteiger partial charge in [-0.1, -0.05) is 39.7 Å². The van der Waals surface area contributed by atoms with Gasteiger partial charge in [-0.2, -0.15) is 0 Å². The average Bonchev–Trinajstić information content (AvgIpc) is 2.36. The summed E-state index contributed by atoms with van der Waals surface area (Å²) >= 11 is 14.1. The quantitative estimate of drug-likeness (QED) is 0.785. The molecular formula is C13H9BrClFN2S. The number of benzene rings is 2. The van der Waals surface area contributed by atoms with Crippen LogP contribution in [0.4, 0.5) is 15.8 Å². The largest absolute Gasteiger partial charge is 0.389 e. The molecular weight excluding hydrogens is 351 g/mol. The van der Waals surface area contributed by atoms with E-state index in [1.54, 1.807) is 6.07 Å². The normalized spacial score (nSPS) is 10.3. The topological polar surface area (TPSA) is 38.0 Å². The van der Waals surface area contributed by atoms with Crippen LogP contribution in [0.25, 0.3) is 0 Å². The maximum absolute atomic E-state index is 13.1. The molecule has 2 nitrogen and oxygen atoms in total. The second-order valence-corrected chi connectivity index (χ2v) is 5.57. The van der Waals surface area contributed by atoms with Crippen molar-refractivity contribution in [2.24, 2.45) is 5.73 Å². The third-order valence-electron chi connectivity index (χ3n) is 2.45. The third-order valence-corrected chi connectivity index (χ3v) is 3.45.